The second kappa shape index (κ2) is 3.53. The van der Waals surface area contributed by atoms with Crippen molar-refractivity contribution in [1.29, 1.82) is 0 Å². The van der Waals surface area contributed by atoms with Crippen LogP contribution >= 0.6 is 0 Å². The lowest BCUT2D eigenvalue weighted by atomic mass is 9.87. The van der Waals surface area contributed by atoms with Crippen molar-refractivity contribution in [1.82, 2.24) is 4.98 Å². The van der Waals surface area contributed by atoms with Gasteiger partial charge in [-0.2, -0.15) is 0 Å². The average molecular weight is 207 g/mol. The molecule has 4 nitrogen and oxygen atoms in total. The van der Waals surface area contributed by atoms with E-state index in [1.807, 2.05) is 0 Å². The number of fused-ring (bicyclic) bond motifs is 1. The van der Waals surface area contributed by atoms with Crippen LogP contribution in [0.1, 0.15) is 35.0 Å². The number of aromatic nitrogens is 1. The molecule has 80 valence electrons. The van der Waals surface area contributed by atoms with Crippen LogP contribution in [0, 0.1) is 5.92 Å². The Kier molecular flexibility index (Phi) is 2.34. The minimum atomic E-state index is -1.16. The summed E-state index contributed by atoms with van der Waals surface area (Å²) in [6.07, 6.45) is 2.74. The molecule has 0 saturated heterocycles. The smallest absolute Gasteiger partial charge is 0.341 e. The van der Waals surface area contributed by atoms with Crippen LogP contribution in [0.3, 0.4) is 0 Å². The predicted octanol–water partition coefficient (Wildman–Crippen LogP) is 1.20. The molecule has 15 heavy (non-hydrogen) atoms. The van der Waals surface area contributed by atoms with E-state index in [1.165, 1.54) is 6.07 Å². The zero-order valence-electron chi connectivity index (χ0n) is 8.54. The molecule has 1 heterocycles. The first-order valence-electron chi connectivity index (χ1n) is 5.06. The van der Waals surface area contributed by atoms with Crippen molar-refractivity contribution in [2.75, 3.05) is 0 Å². The molecule has 0 spiro atoms. The number of carboxylic acid groups (broad SMARTS) is 1. The van der Waals surface area contributed by atoms with Gasteiger partial charge in [-0.05, 0) is 36.8 Å². The molecule has 0 aliphatic heterocycles. The lowest BCUT2D eigenvalue weighted by Gasteiger charge is -2.20. The SMILES string of the molecule is CC1CCc2[nH]c(=O)c(C(=O)O)cc2C1. The first-order chi connectivity index (χ1) is 7.08. The second-order valence-electron chi connectivity index (χ2n) is 4.17. The van der Waals surface area contributed by atoms with Gasteiger partial charge in [-0.15, -0.1) is 0 Å². The number of hydrogen-bond donors (Lipinski definition) is 2. The van der Waals surface area contributed by atoms with Crippen molar-refractivity contribution < 1.29 is 9.90 Å². The fourth-order valence-electron chi connectivity index (χ4n) is 2.04. The molecule has 1 atom stereocenters. The summed E-state index contributed by atoms with van der Waals surface area (Å²) in [6.45, 7) is 2.13. The highest BCUT2D eigenvalue weighted by molar-refractivity contribution is 5.87. The average Bonchev–Trinajstić information content (AvgIpc) is 2.17. The maximum Gasteiger partial charge on any atom is 0.341 e. The highest BCUT2D eigenvalue weighted by Gasteiger charge is 2.19. The lowest BCUT2D eigenvalue weighted by Crippen LogP contribution is -2.23. The number of rotatable bonds is 1. The molecule has 2 N–H and O–H groups in total. The van der Waals surface area contributed by atoms with E-state index in [0.29, 0.717) is 5.92 Å². The Morgan fingerprint density at radius 1 is 1.60 bits per heavy atom. The molecule has 0 aromatic carbocycles. The topological polar surface area (TPSA) is 70.2 Å². The molecule has 0 radical (unpaired) electrons. The van der Waals surface area contributed by atoms with Gasteiger partial charge in [0.05, 0.1) is 0 Å². The van der Waals surface area contributed by atoms with Crippen LogP contribution in [0.15, 0.2) is 10.9 Å². The summed E-state index contributed by atoms with van der Waals surface area (Å²) < 4.78 is 0. The summed E-state index contributed by atoms with van der Waals surface area (Å²) >= 11 is 0. The molecule has 0 saturated carbocycles. The number of aromatic amines is 1. The number of hydrogen-bond acceptors (Lipinski definition) is 2. The molecule has 0 amide bonds. The number of pyridine rings is 1. The minimum absolute atomic E-state index is 0.150. The first-order valence-corrected chi connectivity index (χ1v) is 5.06. The fourth-order valence-corrected chi connectivity index (χ4v) is 2.04. The van der Waals surface area contributed by atoms with Crippen molar-refractivity contribution in [3.8, 4) is 0 Å². The van der Waals surface area contributed by atoms with E-state index in [4.69, 9.17) is 5.11 Å². The lowest BCUT2D eigenvalue weighted by molar-refractivity contribution is 0.0694. The molecular weight excluding hydrogens is 194 g/mol. The predicted molar refractivity (Wildman–Crippen MR) is 55.2 cm³/mol. The standard InChI is InChI=1S/C11H13NO3/c1-6-2-3-9-7(4-6)5-8(11(14)15)10(13)12-9/h5-6H,2-4H2,1H3,(H,12,13)(H,14,15). The van der Waals surface area contributed by atoms with Gasteiger partial charge in [0.15, 0.2) is 0 Å². The third-order valence-corrected chi connectivity index (χ3v) is 2.90. The number of aromatic carboxylic acids is 1. The summed E-state index contributed by atoms with van der Waals surface area (Å²) in [7, 11) is 0. The Balaban J connectivity index is 2.52. The van der Waals surface area contributed by atoms with Gasteiger partial charge in [-0.1, -0.05) is 6.92 Å². The van der Waals surface area contributed by atoms with Crippen LogP contribution in [-0.2, 0) is 12.8 Å². The summed E-state index contributed by atoms with van der Waals surface area (Å²) in [5.41, 5.74) is 1.24. The van der Waals surface area contributed by atoms with E-state index in [-0.39, 0.29) is 5.56 Å². The van der Waals surface area contributed by atoms with Gasteiger partial charge in [0.2, 0.25) is 0 Å². The molecule has 2 rings (SSSR count). The van der Waals surface area contributed by atoms with Crippen molar-refractivity contribution in [3.05, 3.63) is 33.2 Å². The minimum Gasteiger partial charge on any atom is -0.477 e. The number of nitrogens with one attached hydrogen (secondary N) is 1. The van der Waals surface area contributed by atoms with Crippen molar-refractivity contribution in [2.45, 2.75) is 26.2 Å². The number of H-pyrrole nitrogens is 1. The summed E-state index contributed by atoms with van der Waals surface area (Å²) in [4.78, 5) is 24.8. The van der Waals surface area contributed by atoms with E-state index in [1.54, 1.807) is 0 Å². The Bertz CT molecular complexity index is 461. The van der Waals surface area contributed by atoms with E-state index >= 15 is 0 Å². The van der Waals surface area contributed by atoms with E-state index in [0.717, 1.165) is 30.5 Å². The molecule has 0 fully saturated rings. The monoisotopic (exact) mass is 207 g/mol. The highest BCUT2D eigenvalue weighted by atomic mass is 16.4. The highest BCUT2D eigenvalue weighted by Crippen LogP contribution is 2.23. The van der Waals surface area contributed by atoms with Crippen molar-refractivity contribution in [2.24, 2.45) is 5.92 Å². The molecular formula is C11H13NO3. The molecule has 0 bridgehead atoms. The van der Waals surface area contributed by atoms with Gasteiger partial charge in [-0.3, -0.25) is 4.79 Å². The first kappa shape index (κ1) is 9.96. The summed E-state index contributed by atoms with van der Waals surface area (Å²) in [6, 6.07) is 1.52. The maximum absolute atomic E-state index is 11.4. The number of carboxylic acids is 1. The summed E-state index contributed by atoms with van der Waals surface area (Å²) in [5, 5.41) is 8.81. The van der Waals surface area contributed by atoms with E-state index < -0.39 is 11.5 Å². The van der Waals surface area contributed by atoms with Gasteiger partial charge < -0.3 is 10.1 Å². The number of carbonyl (C=O) groups is 1. The molecule has 1 aromatic heterocycles. The Morgan fingerprint density at radius 2 is 2.33 bits per heavy atom. The van der Waals surface area contributed by atoms with Gasteiger partial charge in [0.1, 0.15) is 5.56 Å². The van der Waals surface area contributed by atoms with Gasteiger partial charge in [0, 0.05) is 5.69 Å². The van der Waals surface area contributed by atoms with Crippen LogP contribution in [0.2, 0.25) is 0 Å². The third-order valence-electron chi connectivity index (χ3n) is 2.90. The van der Waals surface area contributed by atoms with Crippen LogP contribution in [0.25, 0.3) is 0 Å². The molecule has 4 heteroatoms. The Hall–Kier alpha value is -1.58. The van der Waals surface area contributed by atoms with Crippen molar-refractivity contribution in [3.63, 3.8) is 0 Å². The molecule has 1 aromatic rings. The molecule has 1 unspecified atom stereocenters. The van der Waals surface area contributed by atoms with Crippen LogP contribution in [0.4, 0.5) is 0 Å². The van der Waals surface area contributed by atoms with Crippen LogP contribution < -0.4 is 5.56 Å². The molecule has 1 aliphatic rings. The third kappa shape index (κ3) is 1.79. The normalized spacial score (nSPS) is 19.7. The fraction of sp³-hybridized carbons (Fsp3) is 0.455. The zero-order chi connectivity index (χ0) is 11.0. The summed E-state index contributed by atoms with van der Waals surface area (Å²) in [5.74, 6) is -0.595. The van der Waals surface area contributed by atoms with E-state index in [9.17, 15) is 9.59 Å². The second-order valence-corrected chi connectivity index (χ2v) is 4.17. The number of aryl methyl sites for hydroxylation is 1. The van der Waals surface area contributed by atoms with Gasteiger partial charge >= 0.3 is 5.97 Å². The quantitative estimate of drug-likeness (QED) is 0.726. The zero-order valence-corrected chi connectivity index (χ0v) is 8.54. The van der Waals surface area contributed by atoms with Gasteiger partial charge in [-0.25, -0.2) is 4.79 Å². The Labute approximate surface area is 87.0 Å². The Morgan fingerprint density at radius 3 is 3.00 bits per heavy atom. The van der Waals surface area contributed by atoms with Crippen LogP contribution in [0.5, 0.6) is 0 Å². The van der Waals surface area contributed by atoms with Gasteiger partial charge in [0.25, 0.3) is 5.56 Å². The largest absolute Gasteiger partial charge is 0.477 e. The van der Waals surface area contributed by atoms with Crippen molar-refractivity contribution >= 4 is 5.97 Å². The molecule has 1 aliphatic carbocycles. The van der Waals surface area contributed by atoms with E-state index in [2.05, 4.69) is 11.9 Å². The maximum atomic E-state index is 11.4. The van der Waals surface area contributed by atoms with Crippen LogP contribution in [-0.4, -0.2) is 16.1 Å².